The standard InChI is InChI=1S/C25H33ClO3/c1-22-11-9-19(27)15-17(22)5-8-21-20(22)10-12-23(2)24(28,13-14-25(21,23)29)16-3-6-18(26)7-4-16/h3-4,6-7,13-14,17,19-21,27-29H,5,8-12,15H2,1-2H3/t17-,19+,20+,21-,22+,23-,24+,25+/m1/s1. The van der Waals surface area contributed by atoms with Crippen LogP contribution in [0.4, 0.5) is 0 Å². The lowest BCUT2D eigenvalue weighted by molar-refractivity contribution is -0.227. The molecule has 0 aliphatic heterocycles. The summed E-state index contributed by atoms with van der Waals surface area (Å²) in [4.78, 5) is 0. The van der Waals surface area contributed by atoms with E-state index in [1.54, 1.807) is 0 Å². The van der Waals surface area contributed by atoms with Gasteiger partial charge in [0.15, 0.2) is 0 Å². The normalized spacial score (nSPS) is 51.2. The Morgan fingerprint density at radius 1 is 0.897 bits per heavy atom. The van der Waals surface area contributed by atoms with Crippen molar-refractivity contribution < 1.29 is 15.3 Å². The van der Waals surface area contributed by atoms with Crippen LogP contribution in [0.5, 0.6) is 0 Å². The molecule has 0 radical (unpaired) electrons. The number of aliphatic hydroxyl groups is 3. The minimum atomic E-state index is -1.20. The molecule has 3 N–H and O–H groups in total. The lowest BCUT2D eigenvalue weighted by Gasteiger charge is -2.64. The first-order valence-corrected chi connectivity index (χ1v) is 11.6. The second-order valence-corrected chi connectivity index (χ2v) is 11.2. The van der Waals surface area contributed by atoms with Crippen LogP contribution in [0.15, 0.2) is 36.4 Å². The molecule has 0 unspecified atom stereocenters. The molecule has 3 saturated carbocycles. The highest BCUT2D eigenvalue weighted by Gasteiger charge is 2.70. The molecule has 5 rings (SSSR count). The number of rotatable bonds is 1. The molecular formula is C25H33ClO3. The lowest BCUT2D eigenvalue weighted by Crippen LogP contribution is -2.65. The summed E-state index contributed by atoms with van der Waals surface area (Å²) in [7, 11) is 0. The summed E-state index contributed by atoms with van der Waals surface area (Å²) < 4.78 is 0. The molecule has 3 fully saturated rings. The predicted molar refractivity (Wildman–Crippen MR) is 114 cm³/mol. The van der Waals surface area contributed by atoms with E-state index in [4.69, 9.17) is 11.6 Å². The lowest BCUT2D eigenvalue weighted by atomic mass is 9.42. The summed E-state index contributed by atoms with van der Waals surface area (Å²) in [5, 5.41) is 34.9. The Labute approximate surface area is 178 Å². The van der Waals surface area contributed by atoms with Gasteiger partial charge < -0.3 is 15.3 Å². The number of hydrogen-bond donors (Lipinski definition) is 3. The molecule has 3 nitrogen and oxygen atoms in total. The van der Waals surface area contributed by atoms with Crippen molar-refractivity contribution in [1.82, 2.24) is 0 Å². The van der Waals surface area contributed by atoms with Crippen molar-refractivity contribution in [3.63, 3.8) is 0 Å². The minimum Gasteiger partial charge on any atom is -0.393 e. The molecule has 29 heavy (non-hydrogen) atoms. The van der Waals surface area contributed by atoms with Crippen molar-refractivity contribution in [3.8, 4) is 0 Å². The van der Waals surface area contributed by atoms with Crippen LogP contribution < -0.4 is 0 Å². The topological polar surface area (TPSA) is 60.7 Å². The van der Waals surface area contributed by atoms with Crippen molar-refractivity contribution >= 4 is 11.6 Å². The van der Waals surface area contributed by atoms with Crippen LogP contribution in [-0.2, 0) is 5.60 Å². The third kappa shape index (κ3) is 2.48. The number of hydrogen-bond acceptors (Lipinski definition) is 3. The van der Waals surface area contributed by atoms with Gasteiger partial charge in [-0.05, 0) is 91.9 Å². The molecular weight excluding hydrogens is 384 g/mol. The fraction of sp³-hybridized carbons (Fsp3) is 0.680. The van der Waals surface area contributed by atoms with Gasteiger partial charge in [-0.2, -0.15) is 0 Å². The summed E-state index contributed by atoms with van der Waals surface area (Å²) in [5.41, 5.74) is -1.90. The van der Waals surface area contributed by atoms with Crippen molar-refractivity contribution in [2.45, 2.75) is 76.1 Å². The van der Waals surface area contributed by atoms with Gasteiger partial charge in [0.05, 0.1) is 11.7 Å². The molecule has 1 aromatic carbocycles. The van der Waals surface area contributed by atoms with E-state index in [-0.39, 0.29) is 17.4 Å². The van der Waals surface area contributed by atoms with Crippen molar-refractivity contribution in [2.75, 3.05) is 0 Å². The molecule has 0 spiro atoms. The van der Waals surface area contributed by atoms with Gasteiger partial charge in [0.2, 0.25) is 0 Å². The van der Waals surface area contributed by atoms with Gasteiger partial charge >= 0.3 is 0 Å². The maximum Gasteiger partial charge on any atom is 0.116 e. The zero-order valence-corrected chi connectivity index (χ0v) is 18.2. The first kappa shape index (κ1) is 20.1. The van der Waals surface area contributed by atoms with E-state index in [2.05, 4.69) is 13.8 Å². The number of aliphatic hydroxyl groups excluding tert-OH is 1. The second-order valence-electron chi connectivity index (χ2n) is 10.7. The monoisotopic (exact) mass is 416 g/mol. The molecule has 0 bridgehead atoms. The van der Waals surface area contributed by atoms with Crippen LogP contribution in [-0.4, -0.2) is 27.0 Å². The highest BCUT2D eigenvalue weighted by atomic mass is 35.5. The molecule has 0 amide bonds. The van der Waals surface area contributed by atoms with Crippen molar-refractivity contribution in [2.24, 2.45) is 28.6 Å². The summed E-state index contributed by atoms with van der Waals surface area (Å²) in [6.45, 7) is 4.47. The molecule has 158 valence electrons. The Morgan fingerprint density at radius 3 is 2.34 bits per heavy atom. The third-order valence-electron chi connectivity index (χ3n) is 9.77. The average molecular weight is 417 g/mol. The van der Waals surface area contributed by atoms with Gasteiger partial charge in [-0.25, -0.2) is 0 Å². The van der Waals surface area contributed by atoms with Gasteiger partial charge in [0, 0.05) is 10.4 Å². The Bertz CT molecular complexity index is 837. The number of fused-ring (bicyclic) bond motifs is 5. The fourth-order valence-corrected chi connectivity index (χ4v) is 7.97. The van der Waals surface area contributed by atoms with Crippen LogP contribution in [0.25, 0.3) is 0 Å². The van der Waals surface area contributed by atoms with E-state index in [1.165, 1.54) is 0 Å². The maximum atomic E-state index is 12.2. The Hall–Kier alpha value is -0.870. The SMILES string of the molecule is C[C@]12CC[C@H](O)C[C@H]1CC[C@@H]1[C@@H]2CC[C@]2(C)[C@@](O)(c3ccc(Cl)cc3)C=C[C@]12O. The molecule has 0 heterocycles. The Balaban J connectivity index is 1.53. The van der Waals surface area contributed by atoms with Crippen LogP contribution in [0.1, 0.15) is 64.4 Å². The first-order valence-electron chi connectivity index (χ1n) is 11.2. The van der Waals surface area contributed by atoms with Crippen molar-refractivity contribution in [3.05, 3.63) is 47.0 Å². The van der Waals surface area contributed by atoms with E-state index in [9.17, 15) is 15.3 Å². The summed E-state index contributed by atoms with van der Waals surface area (Å²) in [6, 6.07) is 7.40. The maximum absolute atomic E-state index is 12.2. The Kier molecular flexibility index (Phi) is 4.37. The van der Waals surface area contributed by atoms with E-state index in [1.807, 2.05) is 36.4 Å². The van der Waals surface area contributed by atoms with Gasteiger partial charge in [-0.1, -0.05) is 43.7 Å². The Morgan fingerprint density at radius 2 is 1.62 bits per heavy atom. The van der Waals surface area contributed by atoms with Crippen LogP contribution in [0.2, 0.25) is 5.02 Å². The zero-order valence-electron chi connectivity index (χ0n) is 17.4. The van der Waals surface area contributed by atoms with Crippen molar-refractivity contribution in [1.29, 1.82) is 0 Å². The highest BCUT2D eigenvalue weighted by molar-refractivity contribution is 6.30. The highest BCUT2D eigenvalue weighted by Crippen LogP contribution is 2.69. The quantitative estimate of drug-likeness (QED) is 0.575. The van der Waals surface area contributed by atoms with E-state index < -0.39 is 16.6 Å². The van der Waals surface area contributed by atoms with Crippen LogP contribution >= 0.6 is 11.6 Å². The molecule has 0 saturated heterocycles. The number of halogens is 1. The molecule has 4 heteroatoms. The number of benzene rings is 1. The first-order chi connectivity index (χ1) is 13.6. The van der Waals surface area contributed by atoms with Gasteiger partial charge in [-0.15, -0.1) is 0 Å². The zero-order chi connectivity index (χ0) is 20.7. The summed E-state index contributed by atoms with van der Waals surface area (Å²) >= 11 is 6.08. The van der Waals surface area contributed by atoms with E-state index in [0.717, 1.165) is 50.5 Å². The van der Waals surface area contributed by atoms with Gasteiger partial charge in [0.1, 0.15) is 5.60 Å². The van der Waals surface area contributed by atoms with E-state index >= 15 is 0 Å². The van der Waals surface area contributed by atoms with Gasteiger partial charge in [0.25, 0.3) is 0 Å². The molecule has 4 aliphatic carbocycles. The predicted octanol–water partition coefficient (Wildman–Crippen LogP) is 4.82. The molecule has 1 aromatic rings. The van der Waals surface area contributed by atoms with Crippen LogP contribution in [0.3, 0.4) is 0 Å². The smallest absolute Gasteiger partial charge is 0.116 e. The average Bonchev–Trinajstić information content (AvgIpc) is 2.91. The van der Waals surface area contributed by atoms with Crippen LogP contribution in [0, 0.1) is 28.6 Å². The fourth-order valence-electron chi connectivity index (χ4n) is 7.84. The van der Waals surface area contributed by atoms with Gasteiger partial charge in [-0.3, -0.25) is 0 Å². The molecule has 8 atom stereocenters. The summed E-state index contributed by atoms with van der Waals surface area (Å²) in [6.07, 6.45) is 10.2. The third-order valence-corrected chi connectivity index (χ3v) is 10.0. The summed E-state index contributed by atoms with van der Waals surface area (Å²) in [5.74, 6) is 1.13. The minimum absolute atomic E-state index is 0.148. The van der Waals surface area contributed by atoms with E-state index in [0.29, 0.717) is 16.9 Å². The second kappa shape index (κ2) is 6.32. The molecule has 0 aromatic heterocycles. The largest absolute Gasteiger partial charge is 0.393 e. The molecule has 4 aliphatic rings.